The SMILES string of the molecule is C=CCOC(=O)N[C@H]1C[C@@H]2C[C@@H](C(=O)O)C[C@@H]21. The zero-order chi connectivity index (χ0) is 12.4. The van der Waals surface area contributed by atoms with Crippen molar-refractivity contribution in [2.24, 2.45) is 17.8 Å². The number of carbonyl (C=O) groups excluding carboxylic acids is 1. The van der Waals surface area contributed by atoms with Gasteiger partial charge in [-0.25, -0.2) is 4.79 Å². The second kappa shape index (κ2) is 4.77. The summed E-state index contributed by atoms with van der Waals surface area (Å²) in [7, 11) is 0. The molecule has 0 aromatic rings. The molecule has 2 N–H and O–H groups in total. The average molecular weight is 239 g/mol. The lowest BCUT2D eigenvalue weighted by Crippen LogP contribution is -2.50. The van der Waals surface area contributed by atoms with Crippen LogP contribution in [0.1, 0.15) is 19.3 Å². The van der Waals surface area contributed by atoms with Crippen LogP contribution in [0.25, 0.3) is 0 Å². The molecule has 2 aliphatic carbocycles. The smallest absolute Gasteiger partial charge is 0.407 e. The van der Waals surface area contributed by atoms with Crippen molar-refractivity contribution in [1.82, 2.24) is 5.32 Å². The molecule has 2 rings (SSSR count). The summed E-state index contributed by atoms with van der Waals surface area (Å²) in [6.07, 6.45) is 3.37. The fourth-order valence-electron chi connectivity index (χ4n) is 2.92. The molecule has 94 valence electrons. The molecule has 17 heavy (non-hydrogen) atoms. The van der Waals surface area contributed by atoms with E-state index in [1.54, 1.807) is 0 Å². The number of carboxylic acids is 1. The van der Waals surface area contributed by atoms with Gasteiger partial charge in [0.2, 0.25) is 0 Å². The Morgan fingerprint density at radius 3 is 2.82 bits per heavy atom. The molecule has 4 atom stereocenters. The zero-order valence-corrected chi connectivity index (χ0v) is 9.59. The van der Waals surface area contributed by atoms with Gasteiger partial charge in [0, 0.05) is 6.04 Å². The van der Waals surface area contributed by atoms with Gasteiger partial charge in [0.15, 0.2) is 0 Å². The number of carboxylic acid groups (broad SMARTS) is 1. The minimum Gasteiger partial charge on any atom is -0.481 e. The number of hydrogen-bond donors (Lipinski definition) is 2. The molecule has 0 heterocycles. The van der Waals surface area contributed by atoms with Crippen molar-refractivity contribution < 1.29 is 19.4 Å². The van der Waals surface area contributed by atoms with E-state index in [4.69, 9.17) is 9.84 Å². The van der Waals surface area contributed by atoms with Crippen LogP contribution in [0.4, 0.5) is 4.79 Å². The number of carbonyl (C=O) groups is 2. The van der Waals surface area contributed by atoms with Crippen molar-refractivity contribution in [2.45, 2.75) is 25.3 Å². The number of alkyl carbamates (subject to hydrolysis) is 1. The van der Waals surface area contributed by atoms with Crippen LogP contribution in [0.2, 0.25) is 0 Å². The first-order valence-electron chi connectivity index (χ1n) is 5.88. The molecule has 5 heteroatoms. The van der Waals surface area contributed by atoms with Crippen LogP contribution >= 0.6 is 0 Å². The number of aliphatic carboxylic acids is 1. The third-order valence-electron chi connectivity index (χ3n) is 3.81. The summed E-state index contributed by atoms with van der Waals surface area (Å²) in [5.41, 5.74) is 0. The standard InChI is InChI=1S/C12H17NO4/c1-2-3-17-12(16)13-10-6-7-4-8(11(14)15)5-9(7)10/h2,7-10H,1,3-6H2,(H,13,16)(H,14,15)/t7-,8+,9-,10-/m0/s1. The monoisotopic (exact) mass is 239 g/mol. The van der Waals surface area contributed by atoms with Gasteiger partial charge in [0.05, 0.1) is 5.92 Å². The third-order valence-corrected chi connectivity index (χ3v) is 3.81. The zero-order valence-electron chi connectivity index (χ0n) is 9.59. The summed E-state index contributed by atoms with van der Waals surface area (Å²) >= 11 is 0. The first-order valence-corrected chi connectivity index (χ1v) is 5.88. The maximum atomic E-state index is 11.3. The number of ether oxygens (including phenoxy) is 1. The minimum atomic E-state index is -0.715. The van der Waals surface area contributed by atoms with Gasteiger partial charge in [-0.15, -0.1) is 0 Å². The van der Waals surface area contributed by atoms with Gasteiger partial charge >= 0.3 is 12.1 Å². The molecular weight excluding hydrogens is 222 g/mol. The second-order valence-corrected chi connectivity index (χ2v) is 4.80. The van der Waals surface area contributed by atoms with Crippen LogP contribution in [0.3, 0.4) is 0 Å². The van der Waals surface area contributed by atoms with E-state index in [1.165, 1.54) is 6.08 Å². The van der Waals surface area contributed by atoms with Crippen molar-refractivity contribution >= 4 is 12.1 Å². The first kappa shape index (κ1) is 12.0. The van der Waals surface area contributed by atoms with Gasteiger partial charge in [-0.3, -0.25) is 4.79 Å². The van der Waals surface area contributed by atoms with Crippen LogP contribution in [-0.2, 0) is 9.53 Å². The van der Waals surface area contributed by atoms with Crippen molar-refractivity contribution in [2.75, 3.05) is 6.61 Å². The highest BCUT2D eigenvalue weighted by Crippen LogP contribution is 2.49. The lowest BCUT2D eigenvalue weighted by atomic mass is 9.71. The Bertz CT molecular complexity index is 341. The molecule has 2 aliphatic rings. The largest absolute Gasteiger partial charge is 0.481 e. The molecule has 0 aromatic heterocycles. The Morgan fingerprint density at radius 2 is 2.18 bits per heavy atom. The van der Waals surface area contributed by atoms with Crippen LogP contribution in [0, 0.1) is 17.8 Å². The molecule has 2 saturated carbocycles. The maximum Gasteiger partial charge on any atom is 0.407 e. The molecular formula is C12H17NO4. The summed E-state index contributed by atoms with van der Waals surface area (Å²) in [5.74, 6) is -0.179. The summed E-state index contributed by atoms with van der Waals surface area (Å²) in [5, 5.41) is 11.7. The van der Waals surface area contributed by atoms with E-state index in [0.717, 1.165) is 12.8 Å². The molecule has 0 bridgehead atoms. The Kier molecular flexibility index (Phi) is 3.36. The van der Waals surface area contributed by atoms with Crippen LogP contribution in [0.15, 0.2) is 12.7 Å². The number of rotatable bonds is 4. The predicted molar refractivity (Wildman–Crippen MR) is 60.4 cm³/mol. The lowest BCUT2D eigenvalue weighted by molar-refractivity contribution is -0.141. The van der Waals surface area contributed by atoms with E-state index < -0.39 is 12.1 Å². The van der Waals surface area contributed by atoms with E-state index in [1.807, 2.05) is 0 Å². The number of nitrogens with one attached hydrogen (secondary N) is 1. The Hall–Kier alpha value is -1.52. The van der Waals surface area contributed by atoms with Crippen LogP contribution in [-0.4, -0.2) is 29.8 Å². The highest BCUT2D eigenvalue weighted by atomic mass is 16.5. The Labute approximate surface area is 99.8 Å². The van der Waals surface area contributed by atoms with Gasteiger partial charge in [-0.1, -0.05) is 12.7 Å². The molecule has 0 spiro atoms. The number of amides is 1. The average Bonchev–Trinajstić information content (AvgIpc) is 2.61. The van der Waals surface area contributed by atoms with Gasteiger partial charge in [-0.05, 0) is 31.1 Å². The maximum absolute atomic E-state index is 11.3. The van der Waals surface area contributed by atoms with E-state index in [2.05, 4.69) is 11.9 Å². The van der Waals surface area contributed by atoms with Gasteiger partial charge in [-0.2, -0.15) is 0 Å². The van der Waals surface area contributed by atoms with Crippen LogP contribution in [0.5, 0.6) is 0 Å². The molecule has 0 aromatic carbocycles. The molecule has 2 fully saturated rings. The molecule has 5 nitrogen and oxygen atoms in total. The summed E-state index contributed by atoms with van der Waals surface area (Å²) in [6.45, 7) is 3.66. The van der Waals surface area contributed by atoms with Crippen molar-refractivity contribution in [3.63, 3.8) is 0 Å². The number of fused-ring (bicyclic) bond motifs is 1. The fourth-order valence-corrected chi connectivity index (χ4v) is 2.92. The van der Waals surface area contributed by atoms with E-state index in [9.17, 15) is 9.59 Å². The predicted octanol–water partition coefficient (Wildman–Crippen LogP) is 1.40. The first-order chi connectivity index (χ1) is 8.11. The van der Waals surface area contributed by atoms with Gasteiger partial charge in [0.1, 0.15) is 6.61 Å². The van der Waals surface area contributed by atoms with Crippen molar-refractivity contribution in [3.05, 3.63) is 12.7 Å². The molecule has 0 aliphatic heterocycles. The summed E-state index contributed by atoms with van der Waals surface area (Å²) < 4.78 is 4.84. The van der Waals surface area contributed by atoms with E-state index in [-0.39, 0.29) is 18.6 Å². The van der Waals surface area contributed by atoms with E-state index in [0.29, 0.717) is 18.3 Å². The summed E-state index contributed by atoms with van der Waals surface area (Å²) in [6, 6.07) is 0.0849. The second-order valence-electron chi connectivity index (χ2n) is 4.80. The van der Waals surface area contributed by atoms with E-state index >= 15 is 0 Å². The van der Waals surface area contributed by atoms with Crippen molar-refractivity contribution in [3.8, 4) is 0 Å². The molecule has 0 saturated heterocycles. The highest BCUT2D eigenvalue weighted by molar-refractivity contribution is 5.71. The molecule has 1 amide bonds. The normalized spacial score (nSPS) is 34.4. The van der Waals surface area contributed by atoms with Crippen LogP contribution < -0.4 is 5.32 Å². The van der Waals surface area contributed by atoms with Gasteiger partial charge < -0.3 is 15.2 Å². The highest BCUT2D eigenvalue weighted by Gasteiger charge is 2.50. The molecule has 0 radical (unpaired) electrons. The van der Waals surface area contributed by atoms with Gasteiger partial charge in [0.25, 0.3) is 0 Å². The van der Waals surface area contributed by atoms with Crippen molar-refractivity contribution in [1.29, 1.82) is 0 Å². The fraction of sp³-hybridized carbons (Fsp3) is 0.667. The summed E-state index contributed by atoms with van der Waals surface area (Å²) in [4.78, 5) is 22.2. The topological polar surface area (TPSA) is 75.6 Å². The Morgan fingerprint density at radius 1 is 1.41 bits per heavy atom. The molecule has 0 unspecified atom stereocenters. The number of hydrogen-bond acceptors (Lipinski definition) is 3. The Balaban J connectivity index is 1.77. The minimum absolute atomic E-state index is 0.0849. The quantitative estimate of drug-likeness (QED) is 0.727. The third kappa shape index (κ3) is 2.43. The lowest BCUT2D eigenvalue weighted by Gasteiger charge is -2.40.